The monoisotopic (exact) mass is 233 g/mol. The largest absolute Gasteiger partial charge is 0.327 e. The number of nitrogens with two attached hydrogens (primary N) is 1. The molecule has 0 saturated carbocycles. The maximum Gasteiger partial charge on any atom is 0.0897 e. The molecule has 2 aromatic heterocycles. The van der Waals surface area contributed by atoms with Crippen LogP contribution in [0.5, 0.6) is 0 Å². The average Bonchev–Trinajstić information content (AvgIpc) is 2.65. The van der Waals surface area contributed by atoms with Gasteiger partial charge >= 0.3 is 0 Å². The Hall–Kier alpha value is -1.26. The molecule has 0 aliphatic carbocycles. The Balaban J connectivity index is 1.92. The molecule has 0 fully saturated rings. The molecule has 1 atom stereocenters. The lowest BCUT2D eigenvalue weighted by molar-refractivity contribution is 0.646. The highest BCUT2D eigenvalue weighted by Gasteiger charge is 2.08. The summed E-state index contributed by atoms with van der Waals surface area (Å²) in [4.78, 5) is 8.68. The van der Waals surface area contributed by atoms with Crippen LogP contribution in [-0.4, -0.2) is 16.0 Å². The van der Waals surface area contributed by atoms with Crippen LogP contribution in [0, 0.1) is 6.92 Å². The first-order valence-electron chi connectivity index (χ1n) is 5.30. The Labute approximate surface area is 99.4 Å². The first-order chi connectivity index (χ1) is 7.74. The molecule has 0 radical (unpaired) electrons. The number of hydrogen-bond acceptors (Lipinski definition) is 4. The van der Waals surface area contributed by atoms with E-state index in [1.54, 1.807) is 17.5 Å². The van der Waals surface area contributed by atoms with E-state index in [0.717, 1.165) is 29.2 Å². The van der Waals surface area contributed by atoms with Crippen molar-refractivity contribution in [3.8, 4) is 0 Å². The van der Waals surface area contributed by atoms with E-state index in [0.29, 0.717) is 0 Å². The molecule has 0 aliphatic rings. The van der Waals surface area contributed by atoms with Crippen molar-refractivity contribution in [1.29, 1.82) is 0 Å². The van der Waals surface area contributed by atoms with E-state index in [4.69, 9.17) is 5.73 Å². The number of hydrogen-bond donors (Lipinski definition) is 1. The molecule has 2 aromatic rings. The summed E-state index contributed by atoms with van der Waals surface area (Å²) in [6, 6.07) is 6.00. The van der Waals surface area contributed by atoms with Gasteiger partial charge in [0.25, 0.3) is 0 Å². The third kappa shape index (κ3) is 3.12. The van der Waals surface area contributed by atoms with Gasteiger partial charge in [-0.15, -0.1) is 11.3 Å². The predicted molar refractivity (Wildman–Crippen MR) is 66.5 cm³/mol. The third-order valence-corrected chi connectivity index (χ3v) is 3.16. The summed E-state index contributed by atoms with van der Waals surface area (Å²) in [5.74, 6) is 0. The van der Waals surface area contributed by atoms with Crippen LogP contribution in [0.15, 0.2) is 29.8 Å². The van der Waals surface area contributed by atoms with Gasteiger partial charge in [-0.1, -0.05) is 6.07 Å². The molecular weight excluding hydrogens is 218 g/mol. The molecule has 0 aromatic carbocycles. The van der Waals surface area contributed by atoms with Gasteiger partial charge in [0.15, 0.2) is 0 Å². The minimum absolute atomic E-state index is 0.0939. The maximum absolute atomic E-state index is 6.07. The normalized spacial score (nSPS) is 12.6. The Kier molecular flexibility index (Phi) is 3.64. The molecule has 0 spiro atoms. The van der Waals surface area contributed by atoms with E-state index in [2.05, 4.69) is 15.3 Å². The lowest BCUT2D eigenvalue weighted by atomic mass is 10.1. The number of pyridine rings is 1. The molecule has 2 N–H and O–H groups in total. The Morgan fingerprint density at radius 3 is 2.75 bits per heavy atom. The molecule has 3 nitrogen and oxygen atoms in total. The first-order valence-corrected chi connectivity index (χ1v) is 6.18. The van der Waals surface area contributed by atoms with E-state index in [-0.39, 0.29) is 6.04 Å². The highest BCUT2D eigenvalue weighted by molar-refractivity contribution is 7.09. The first kappa shape index (κ1) is 11.2. The van der Waals surface area contributed by atoms with E-state index in [9.17, 15) is 0 Å². The van der Waals surface area contributed by atoms with Gasteiger partial charge in [-0.05, 0) is 19.1 Å². The molecular formula is C12H15N3S. The molecule has 2 rings (SSSR count). The molecule has 16 heavy (non-hydrogen) atoms. The smallest absolute Gasteiger partial charge is 0.0897 e. The molecule has 0 bridgehead atoms. The zero-order chi connectivity index (χ0) is 11.4. The summed E-state index contributed by atoms with van der Waals surface area (Å²) >= 11 is 1.67. The topological polar surface area (TPSA) is 51.8 Å². The van der Waals surface area contributed by atoms with Crippen LogP contribution in [-0.2, 0) is 12.8 Å². The quantitative estimate of drug-likeness (QED) is 0.878. The Morgan fingerprint density at radius 1 is 1.31 bits per heavy atom. The Bertz CT molecular complexity index is 439. The van der Waals surface area contributed by atoms with Crippen LogP contribution in [0.4, 0.5) is 0 Å². The zero-order valence-electron chi connectivity index (χ0n) is 9.26. The van der Waals surface area contributed by atoms with Gasteiger partial charge in [-0.2, -0.15) is 0 Å². The van der Waals surface area contributed by atoms with Gasteiger partial charge in [0.1, 0.15) is 0 Å². The summed E-state index contributed by atoms with van der Waals surface area (Å²) in [5, 5.41) is 3.17. The fourth-order valence-electron chi connectivity index (χ4n) is 1.63. The minimum atomic E-state index is 0.0939. The van der Waals surface area contributed by atoms with Gasteiger partial charge in [-0.3, -0.25) is 4.98 Å². The van der Waals surface area contributed by atoms with Crippen molar-refractivity contribution >= 4 is 11.3 Å². The molecule has 1 unspecified atom stereocenters. The van der Waals surface area contributed by atoms with Gasteiger partial charge < -0.3 is 5.73 Å². The summed E-state index contributed by atoms with van der Waals surface area (Å²) in [5.41, 5.74) is 8.20. The van der Waals surface area contributed by atoms with Crippen LogP contribution >= 0.6 is 11.3 Å². The van der Waals surface area contributed by atoms with Gasteiger partial charge in [0, 0.05) is 36.2 Å². The second-order valence-corrected chi connectivity index (χ2v) is 4.91. The SMILES string of the molecule is Cc1nc(CC(N)Cc2ccccn2)cs1. The van der Waals surface area contributed by atoms with E-state index in [1.807, 2.05) is 25.1 Å². The summed E-state index contributed by atoms with van der Waals surface area (Å²) < 4.78 is 0. The van der Waals surface area contributed by atoms with Crippen LogP contribution in [0.25, 0.3) is 0 Å². The lowest BCUT2D eigenvalue weighted by Gasteiger charge is -2.08. The molecule has 0 aliphatic heterocycles. The van der Waals surface area contributed by atoms with Gasteiger partial charge in [-0.25, -0.2) is 4.98 Å². The third-order valence-electron chi connectivity index (χ3n) is 2.34. The van der Waals surface area contributed by atoms with Crippen molar-refractivity contribution in [3.63, 3.8) is 0 Å². The van der Waals surface area contributed by atoms with Gasteiger partial charge in [0.05, 0.1) is 10.7 Å². The molecule has 2 heterocycles. The number of thiazole rings is 1. The highest BCUT2D eigenvalue weighted by atomic mass is 32.1. The standard InChI is InChI=1S/C12H15N3S/c1-9-15-12(8-16-9)7-10(13)6-11-4-2-3-5-14-11/h2-5,8,10H,6-7,13H2,1H3. The van der Waals surface area contributed by atoms with Crippen molar-refractivity contribution in [2.45, 2.75) is 25.8 Å². The molecule has 84 valence electrons. The second-order valence-electron chi connectivity index (χ2n) is 3.85. The second kappa shape index (κ2) is 5.18. The van der Waals surface area contributed by atoms with Crippen molar-refractivity contribution in [1.82, 2.24) is 9.97 Å². The minimum Gasteiger partial charge on any atom is -0.327 e. The maximum atomic E-state index is 6.07. The fraction of sp³-hybridized carbons (Fsp3) is 0.333. The fourth-order valence-corrected chi connectivity index (χ4v) is 2.26. The van der Waals surface area contributed by atoms with E-state index >= 15 is 0 Å². The van der Waals surface area contributed by atoms with Crippen LogP contribution < -0.4 is 5.73 Å². The predicted octanol–water partition coefficient (Wildman–Crippen LogP) is 1.96. The van der Waals surface area contributed by atoms with Crippen LogP contribution in [0.1, 0.15) is 16.4 Å². The molecule has 4 heteroatoms. The zero-order valence-corrected chi connectivity index (χ0v) is 10.1. The van der Waals surface area contributed by atoms with Crippen molar-refractivity contribution < 1.29 is 0 Å². The molecule has 0 saturated heterocycles. The molecule has 0 amide bonds. The summed E-state index contributed by atoms with van der Waals surface area (Å²) in [6.07, 6.45) is 3.42. The summed E-state index contributed by atoms with van der Waals surface area (Å²) in [7, 11) is 0. The number of aryl methyl sites for hydroxylation is 1. The number of aromatic nitrogens is 2. The van der Waals surface area contributed by atoms with E-state index < -0.39 is 0 Å². The average molecular weight is 233 g/mol. The number of rotatable bonds is 4. The lowest BCUT2D eigenvalue weighted by Crippen LogP contribution is -2.26. The van der Waals surface area contributed by atoms with Crippen molar-refractivity contribution in [2.24, 2.45) is 5.73 Å². The van der Waals surface area contributed by atoms with Gasteiger partial charge in [0.2, 0.25) is 0 Å². The van der Waals surface area contributed by atoms with Crippen LogP contribution in [0.3, 0.4) is 0 Å². The summed E-state index contributed by atoms with van der Waals surface area (Å²) in [6.45, 7) is 2.01. The van der Waals surface area contributed by atoms with Crippen molar-refractivity contribution in [3.05, 3.63) is 46.2 Å². The van der Waals surface area contributed by atoms with E-state index in [1.165, 1.54) is 0 Å². The van der Waals surface area contributed by atoms with Crippen LogP contribution in [0.2, 0.25) is 0 Å². The highest BCUT2D eigenvalue weighted by Crippen LogP contribution is 2.10. The Morgan fingerprint density at radius 2 is 2.12 bits per heavy atom. The number of nitrogens with zero attached hydrogens (tertiary/aromatic N) is 2. The van der Waals surface area contributed by atoms with Crippen molar-refractivity contribution in [2.75, 3.05) is 0 Å².